The number of nitrogens with two attached hydrogens (primary N) is 1. The summed E-state index contributed by atoms with van der Waals surface area (Å²) in [4.78, 5) is 19.9. The van der Waals surface area contributed by atoms with Crippen molar-refractivity contribution in [1.82, 2.24) is 34.7 Å². The summed E-state index contributed by atoms with van der Waals surface area (Å²) in [6, 6.07) is 7.98. The topological polar surface area (TPSA) is 150 Å². The zero-order chi connectivity index (χ0) is 22.1. The van der Waals surface area contributed by atoms with Gasteiger partial charge in [0.25, 0.3) is 0 Å². The number of anilines is 1. The summed E-state index contributed by atoms with van der Waals surface area (Å²) in [5, 5.41) is 25.7. The molecule has 11 nitrogen and oxygen atoms in total. The lowest BCUT2D eigenvalue weighted by atomic mass is 10.1. The van der Waals surface area contributed by atoms with Gasteiger partial charge in [-0.25, -0.2) is 4.98 Å². The first-order valence-electron chi connectivity index (χ1n) is 10.5. The van der Waals surface area contributed by atoms with E-state index in [-0.39, 0.29) is 24.5 Å². The number of carbonyl (C=O) groups excluding carboxylic acids is 1. The van der Waals surface area contributed by atoms with Crippen molar-refractivity contribution < 1.29 is 9.90 Å². The van der Waals surface area contributed by atoms with Crippen LogP contribution in [-0.2, 0) is 11.3 Å². The summed E-state index contributed by atoms with van der Waals surface area (Å²) in [7, 11) is 0. The highest BCUT2D eigenvalue weighted by atomic mass is 16.3. The normalized spacial score (nSPS) is 18.3. The van der Waals surface area contributed by atoms with E-state index in [2.05, 4.69) is 30.7 Å². The van der Waals surface area contributed by atoms with Crippen molar-refractivity contribution in [3.63, 3.8) is 0 Å². The summed E-state index contributed by atoms with van der Waals surface area (Å²) < 4.78 is 3.37. The summed E-state index contributed by atoms with van der Waals surface area (Å²) >= 11 is 0. The van der Waals surface area contributed by atoms with Crippen molar-refractivity contribution >= 4 is 23.0 Å². The van der Waals surface area contributed by atoms with E-state index in [4.69, 9.17) is 5.73 Å². The molecule has 0 radical (unpaired) electrons. The number of amides is 1. The maximum atomic E-state index is 11.0. The van der Waals surface area contributed by atoms with Gasteiger partial charge in [-0.15, -0.1) is 5.10 Å². The fraction of sp³-hybridized carbons (Fsp3) is 0.333. The second-order valence-electron chi connectivity index (χ2n) is 7.97. The third-order valence-corrected chi connectivity index (χ3v) is 5.60. The molecule has 1 fully saturated rings. The van der Waals surface area contributed by atoms with E-state index in [1.807, 2.05) is 30.5 Å². The highest BCUT2D eigenvalue weighted by Crippen LogP contribution is 2.24. The van der Waals surface area contributed by atoms with Crippen LogP contribution in [0.1, 0.15) is 25.7 Å². The van der Waals surface area contributed by atoms with Crippen molar-refractivity contribution in [3.8, 4) is 16.8 Å². The lowest BCUT2D eigenvalue weighted by molar-refractivity contribution is -0.118. The molecule has 1 saturated carbocycles. The van der Waals surface area contributed by atoms with Crippen molar-refractivity contribution in [2.24, 2.45) is 5.73 Å². The molecule has 1 aliphatic rings. The average Bonchev–Trinajstić information content (AvgIpc) is 3.52. The van der Waals surface area contributed by atoms with Gasteiger partial charge in [0.15, 0.2) is 11.2 Å². The highest BCUT2D eigenvalue weighted by Gasteiger charge is 2.23. The van der Waals surface area contributed by atoms with Crippen LogP contribution >= 0.6 is 0 Å². The molecule has 0 saturated heterocycles. The summed E-state index contributed by atoms with van der Waals surface area (Å²) in [6.07, 6.45) is 7.64. The Labute approximate surface area is 183 Å². The Morgan fingerprint density at radius 2 is 2.03 bits per heavy atom. The van der Waals surface area contributed by atoms with Crippen LogP contribution in [0.4, 0.5) is 5.95 Å². The Morgan fingerprint density at radius 1 is 1.19 bits per heavy atom. The monoisotopic (exact) mass is 433 g/mol. The number of hydrogen-bond donors (Lipinski definition) is 3. The average molecular weight is 433 g/mol. The minimum atomic E-state index is -0.352. The molecule has 0 bridgehead atoms. The molecule has 1 amide bonds. The van der Waals surface area contributed by atoms with Crippen molar-refractivity contribution in [2.75, 3.05) is 5.32 Å². The van der Waals surface area contributed by atoms with E-state index in [1.165, 1.54) is 0 Å². The van der Waals surface area contributed by atoms with E-state index < -0.39 is 0 Å². The Kier molecular flexibility index (Phi) is 5.23. The Morgan fingerprint density at radius 3 is 2.78 bits per heavy atom. The first-order valence-corrected chi connectivity index (χ1v) is 10.5. The van der Waals surface area contributed by atoms with E-state index in [9.17, 15) is 9.90 Å². The Hall–Kier alpha value is -3.86. The highest BCUT2D eigenvalue weighted by molar-refractivity contribution is 5.74. The molecule has 0 aliphatic heterocycles. The predicted octanol–water partition coefficient (Wildman–Crippen LogP) is 1.27. The number of aryl methyl sites for hydroxylation is 1. The van der Waals surface area contributed by atoms with E-state index in [0.717, 1.165) is 29.7 Å². The SMILES string of the molecule is NC(=O)CCn1cc(-c2ccc(-n3nnc4cnc(NC5CCC(O)C5)nc43)cc2)cn1. The molecule has 0 spiro atoms. The van der Waals surface area contributed by atoms with Gasteiger partial charge >= 0.3 is 0 Å². The second-order valence-corrected chi connectivity index (χ2v) is 7.97. The minimum Gasteiger partial charge on any atom is -0.393 e. The molecule has 3 heterocycles. The summed E-state index contributed by atoms with van der Waals surface area (Å²) in [6.45, 7) is 0.453. The molecule has 2 atom stereocenters. The Bertz CT molecular complexity index is 1250. The quantitative estimate of drug-likeness (QED) is 0.394. The van der Waals surface area contributed by atoms with Crippen LogP contribution in [0.3, 0.4) is 0 Å². The number of benzene rings is 1. The van der Waals surface area contributed by atoms with Crippen molar-refractivity contribution in [1.29, 1.82) is 0 Å². The number of nitrogens with zero attached hydrogens (tertiary/aromatic N) is 7. The lowest BCUT2D eigenvalue weighted by Crippen LogP contribution is -2.18. The number of fused-ring (bicyclic) bond motifs is 1. The van der Waals surface area contributed by atoms with Gasteiger partial charge in [0.1, 0.15) is 0 Å². The van der Waals surface area contributed by atoms with E-state index >= 15 is 0 Å². The molecule has 4 N–H and O–H groups in total. The predicted molar refractivity (Wildman–Crippen MR) is 117 cm³/mol. The van der Waals surface area contributed by atoms with Gasteiger partial charge < -0.3 is 16.2 Å². The molecule has 164 valence electrons. The largest absolute Gasteiger partial charge is 0.393 e. The Balaban J connectivity index is 1.36. The molecular formula is C21H23N9O2. The number of hydrogen-bond acceptors (Lipinski definition) is 8. The van der Waals surface area contributed by atoms with Gasteiger partial charge in [-0.3, -0.25) is 9.48 Å². The molecule has 1 aliphatic carbocycles. The van der Waals surface area contributed by atoms with Crippen LogP contribution < -0.4 is 11.1 Å². The fourth-order valence-corrected chi connectivity index (χ4v) is 3.90. The first kappa shape index (κ1) is 20.1. The van der Waals surface area contributed by atoms with Crippen molar-refractivity contribution in [2.45, 2.75) is 44.4 Å². The molecule has 5 rings (SSSR count). The van der Waals surface area contributed by atoms with Crippen LogP contribution in [0.5, 0.6) is 0 Å². The number of rotatable bonds is 7. The molecule has 3 aromatic heterocycles. The number of aliphatic hydroxyl groups is 1. The van der Waals surface area contributed by atoms with Gasteiger partial charge in [-0.2, -0.15) is 14.8 Å². The number of nitrogens with one attached hydrogen (secondary N) is 1. The zero-order valence-corrected chi connectivity index (χ0v) is 17.3. The maximum Gasteiger partial charge on any atom is 0.225 e. The van der Waals surface area contributed by atoms with Crippen LogP contribution in [0.25, 0.3) is 28.0 Å². The van der Waals surface area contributed by atoms with Crippen molar-refractivity contribution in [3.05, 3.63) is 42.9 Å². The minimum absolute atomic E-state index is 0.162. The third-order valence-electron chi connectivity index (χ3n) is 5.60. The second kappa shape index (κ2) is 8.35. The molecule has 2 unspecified atom stereocenters. The zero-order valence-electron chi connectivity index (χ0n) is 17.3. The van der Waals surface area contributed by atoms with Gasteiger partial charge in [-0.1, -0.05) is 17.3 Å². The van der Waals surface area contributed by atoms with Crippen LogP contribution in [0.2, 0.25) is 0 Å². The number of carbonyl (C=O) groups is 1. The third kappa shape index (κ3) is 4.14. The first-order chi connectivity index (χ1) is 15.5. The fourth-order valence-electron chi connectivity index (χ4n) is 3.90. The summed E-state index contributed by atoms with van der Waals surface area (Å²) in [5.74, 6) is 0.148. The van der Waals surface area contributed by atoms with Gasteiger partial charge in [0.05, 0.1) is 24.2 Å². The van der Waals surface area contributed by atoms with Crippen LogP contribution in [-0.4, -0.2) is 57.9 Å². The molecule has 32 heavy (non-hydrogen) atoms. The van der Waals surface area contributed by atoms with Gasteiger partial charge in [0.2, 0.25) is 11.9 Å². The van der Waals surface area contributed by atoms with Crippen LogP contribution in [0.15, 0.2) is 42.9 Å². The standard InChI is InChI=1S/C21H23N9O2/c22-19(32)7-8-29-12-14(10-24-29)13-1-4-16(5-2-13)30-20-18(27-28-30)11-23-21(26-20)25-15-3-6-17(31)9-15/h1-2,4-5,10-12,15,17,31H,3,6-9H2,(H2,22,32)(H,23,25,26). The molecule has 4 aromatic rings. The van der Waals surface area contributed by atoms with Crippen LogP contribution in [0, 0.1) is 0 Å². The maximum absolute atomic E-state index is 11.0. The van der Waals surface area contributed by atoms with Gasteiger partial charge in [-0.05, 0) is 37.0 Å². The molecule has 11 heteroatoms. The summed E-state index contributed by atoms with van der Waals surface area (Å²) in [5.41, 5.74) is 9.15. The molecule has 1 aromatic carbocycles. The van der Waals surface area contributed by atoms with Gasteiger partial charge in [0, 0.05) is 30.8 Å². The molecular weight excluding hydrogens is 410 g/mol. The number of aromatic nitrogens is 7. The number of aliphatic hydroxyl groups excluding tert-OH is 1. The smallest absolute Gasteiger partial charge is 0.225 e. The lowest BCUT2D eigenvalue weighted by Gasteiger charge is -2.11. The number of primary amides is 1. The van der Waals surface area contributed by atoms with E-state index in [0.29, 0.717) is 30.1 Å². The van der Waals surface area contributed by atoms with E-state index in [1.54, 1.807) is 21.8 Å².